The molecule has 3 atom stereocenters. The molecule has 0 aromatic heterocycles. The molecule has 0 bridgehead atoms. The lowest BCUT2D eigenvalue weighted by atomic mass is 9.97. The number of amides is 1. The van der Waals surface area contributed by atoms with Gasteiger partial charge in [0.15, 0.2) is 0 Å². The minimum absolute atomic E-state index is 0.0553. The summed E-state index contributed by atoms with van der Waals surface area (Å²) in [4.78, 5) is 23.8. The predicted molar refractivity (Wildman–Crippen MR) is 56.5 cm³/mol. The second-order valence-corrected chi connectivity index (χ2v) is 6.77. The first-order chi connectivity index (χ1) is 6.43. The molecule has 2 unspecified atom stereocenters. The zero-order valence-corrected chi connectivity index (χ0v) is 9.97. The van der Waals surface area contributed by atoms with E-state index in [0.717, 1.165) is 5.75 Å². The minimum Gasteiger partial charge on any atom is -0.480 e. The molecule has 4 nitrogen and oxygen atoms in total. The molecule has 2 rings (SSSR count). The summed E-state index contributed by atoms with van der Waals surface area (Å²) < 4.78 is -0.518. The summed E-state index contributed by atoms with van der Waals surface area (Å²) in [6.07, 6.45) is 0.484. The van der Waals surface area contributed by atoms with Crippen LogP contribution in [0.4, 0.5) is 0 Å². The summed E-state index contributed by atoms with van der Waals surface area (Å²) in [5.74, 6) is -0.263. The van der Waals surface area contributed by atoms with Gasteiger partial charge in [0.1, 0.15) is 6.04 Å². The van der Waals surface area contributed by atoms with Crippen molar-refractivity contribution < 1.29 is 14.7 Å². The van der Waals surface area contributed by atoms with E-state index in [-0.39, 0.29) is 11.3 Å². The van der Waals surface area contributed by atoms with Crippen LogP contribution in [0.2, 0.25) is 0 Å². The highest BCUT2D eigenvalue weighted by Crippen LogP contribution is 2.45. The molecule has 0 saturated carbocycles. The van der Waals surface area contributed by atoms with Gasteiger partial charge in [0, 0.05) is 5.75 Å². The number of hydrogen-bond acceptors (Lipinski definition) is 3. The van der Waals surface area contributed by atoms with Crippen molar-refractivity contribution in [1.29, 1.82) is 0 Å². The third-order valence-corrected chi connectivity index (χ3v) is 5.22. The second kappa shape index (κ2) is 3.13. The van der Waals surface area contributed by atoms with Gasteiger partial charge in [-0.15, -0.1) is 11.8 Å². The first kappa shape index (κ1) is 10.3. The molecule has 0 radical (unpaired) electrons. The number of thioether (sulfide) groups is 1. The average molecular weight is 280 g/mol. The summed E-state index contributed by atoms with van der Waals surface area (Å²) in [6.45, 7) is 1.82. The Hall–Kier alpha value is -0.230. The number of fused-ring (bicyclic) bond motifs is 1. The lowest BCUT2D eigenvalue weighted by Gasteiger charge is -2.52. The molecule has 0 aromatic carbocycles. The Bertz CT molecular complexity index is 307. The van der Waals surface area contributed by atoms with Crippen LogP contribution < -0.4 is 0 Å². The van der Waals surface area contributed by atoms with E-state index in [4.69, 9.17) is 5.11 Å². The third kappa shape index (κ3) is 1.35. The Morgan fingerprint density at radius 1 is 1.79 bits per heavy atom. The lowest BCUT2D eigenvalue weighted by molar-refractivity contribution is -0.159. The van der Waals surface area contributed by atoms with E-state index in [2.05, 4.69) is 15.9 Å². The van der Waals surface area contributed by atoms with Crippen LogP contribution in [0.1, 0.15) is 13.3 Å². The number of halogens is 1. The molecule has 2 saturated heterocycles. The predicted octanol–water partition coefficient (Wildman–Crippen LogP) is 0.898. The van der Waals surface area contributed by atoms with E-state index in [1.54, 1.807) is 11.8 Å². The minimum atomic E-state index is -0.928. The smallest absolute Gasteiger partial charge is 0.327 e. The van der Waals surface area contributed by atoms with E-state index >= 15 is 0 Å². The summed E-state index contributed by atoms with van der Waals surface area (Å²) in [5, 5.41) is 9.16. The van der Waals surface area contributed by atoms with Crippen molar-refractivity contribution in [1.82, 2.24) is 4.90 Å². The Labute approximate surface area is 94.1 Å². The van der Waals surface area contributed by atoms with Gasteiger partial charge in [-0.25, -0.2) is 4.79 Å². The van der Waals surface area contributed by atoms with Crippen LogP contribution in [-0.4, -0.2) is 43.4 Å². The van der Waals surface area contributed by atoms with Crippen molar-refractivity contribution in [3.05, 3.63) is 0 Å². The summed E-state index contributed by atoms with van der Waals surface area (Å²) in [6, 6.07) is -0.727. The highest BCUT2D eigenvalue weighted by atomic mass is 79.9. The maximum atomic E-state index is 11.3. The summed E-state index contributed by atoms with van der Waals surface area (Å²) in [5.41, 5.74) is 0. The number of carboxylic acids is 1. The molecule has 2 aliphatic heterocycles. The molecule has 1 amide bonds. The topological polar surface area (TPSA) is 57.6 Å². The van der Waals surface area contributed by atoms with Gasteiger partial charge in [0.05, 0.1) is 16.1 Å². The number of carbonyl (C=O) groups excluding carboxylic acids is 1. The zero-order valence-electron chi connectivity index (χ0n) is 7.57. The Morgan fingerprint density at radius 2 is 2.43 bits per heavy atom. The number of carbonyl (C=O) groups is 2. The molecule has 14 heavy (non-hydrogen) atoms. The molecule has 0 aromatic rings. The van der Waals surface area contributed by atoms with Gasteiger partial charge < -0.3 is 10.0 Å². The van der Waals surface area contributed by atoms with E-state index in [1.807, 2.05) is 6.92 Å². The Kier molecular flexibility index (Phi) is 2.30. The summed E-state index contributed by atoms with van der Waals surface area (Å²) >= 11 is 5.03. The molecule has 0 spiro atoms. The monoisotopic (exact) mass is 279 g/mol. The number of aliphatic carboxylic acids is 1. The van der Waals surface area contributed by atoms with Crippen LogP contribution in [0.25, 0.3) is 0 Å². The fourth-order valence-electron chi connectivity index (χ4n) is 1.86. The van der Waals surface area contributed by atoms with Crippen molar-refractivity contribution in [2.75, 3.05) is 5.75 Å². The van der Waals surface area contributed by atoms with E-state index in [0.29, 0.717) is 6.42 Å². The van der Waals surface area contributed by atoms with Crippen molar-refractivity contribution in [2.24, 2.45) is 0 Å². The number of alkyl halides is 1. The third-order valence-electron chi connectivity index (χ3n) is 2.59. The van der Waals surface area contributed by atoms with Gasteiger partial charge in [-0.3, -0.25) is 4.79 Å². The molecule has 1 N–H and O–H groups in total. The molecule has 2 heterocycles. The van der Waals surface area contributed by atoms with Crippen molar-refractivity contribution in [3.63, 3.8) is 0 Å². The molecule has 2 fully saturated rings. The first-order valence-electron chi connectivity index (χ1n) is 4.28. The van der Waals surface area contributed by atoms with Crippen LogP contribution in [-0.2, 0) is 9.59 Å². The molecule has 6 heteroatoms. The van der Waals surface area contributed by atoms with Crippen LogP contribution in [0.5, 0.6) is 0 Å². The van der Waals surface area contributed by atoms with E-state index in [1.165, 1.54) is 4.90 Å². The molecular weight excluding hydrogens is 270 g/mol. The van der Waals surface area contributed by atoms with Crippen molar-refractivity contribution in [2.45, 2.75) is 29.1 Å². The largest absolute Gasteiger partial charge is 0.480 e. The van der Waals surface area contributed by atoms with Gasteiger partial charge in [-0.2, -0.15) is 0 Å². The highest BCUT2D eigenvalue weighted by molar-refractivity contribution is 9.10. The highest BCUT2D eigenvalue weighted by Gasteiger charge is 2.55. The molecule has 0 aliphatic carbocycles. The van der Waals surface area contributed by atoms with E-state index < -0.39 is 16.3 Å². The average Bonchev–Trinajstić information content (AvgIpc) is 2.05. The van der Waals surface area contributed by atoms with Crippen LogP contribution >= 0.6 is 27.7 Å². The van der Waals surface area contributed by atoms with Crippen LogP contribution in [0.3, 0.4) is 0 Å². The number of rotatable bonds is 1. The number of β-lactam (4-membered cyclic amide) rings is 1. The van der Waals surface area contributed by atoms with E-state index in [9.17, 15) is 9.59 Å². The van der Waals surface area contributed by atoms with Gasteiger partial charge in [-0.1, -0.05) is 15.9 Å². The molecular formula is C8H10BrNO3S. The molecule has 78 valence electrons. The number of hydrogen-bond donors (Lipinski definition) is 1. The van der Waals surface area contributed by atoms with Gasteiger partial charge in [0.25, 0.3) is 0 Å². The Morgan fingerprint density at radius 3 is 2.86 bits per heavy atom. The van der Waals surface area contributed by atoms with Gasteiger partial charge in [0.2, 0.25) is 5.91 Å². The van der Waals surface area contributed by atoms with Gasteiger partial charge >= 0.3 is 5.97 Å². The number of nitrogens with zero attached hydrogens (tertiary/aromatic N) is 1. The van der Waals surface area contributed by atoms with Crippen molar-refractivity contribution in [3.8, 4) is 0 Å². The van der Waals surface area contributed by atoms with Gasteiger partial charge in [-0.05, 0) is 6.92 Å². The normalized spacial score (nSPS) is 41.6. The summed E-state index contributed by atoms with van der Waals surface area (Å²) in [7, 11) is 0. The molecule has 2 aliphatic rings. The standard InChI is InChI=1S/C8H10BrNO3S/c1-8(9)3-14-5-2-4(11)10(5)6(8)7(12)13/h5-6H,2-3H2,1H3,(H,12,13)/t5-,6?,8?/m0/s1. The van der Waals surface area contributed by atoms with Crippen LogP contribution in [0.15, 0.2) is 0 Å². The maximum Gasteiger partial charge on any atom is 0.327 e. The van der Waals surface area contributed by atoms with Crippen LogP contribution in [0, 0.1) is 0 Å². The quantitative estimate of drug-likeness (QED) is 0.572. The lowest BCUT2D eigenvalue weighted by Crippen LogP contribution is -2.67. The zero-order chi connectivity index (χ0) is 10.5. The maximum absolute atomic E-state index is 11.3. The second-order valence-electron chi connectivity index (χ2n) is 3.79. The SMILES string of the molecule is CC1(Br)CS[C@H]2CC(=O)N2C1C(=O)O. The Balaban J connectivity index is 2.28. The van der Waals surface area contributed by atoms with Crippen molar-refractivity contribution >= 4 is 39.6 Å². The fourth-order valence-corrected chi connectivity index (χ4v) is 4.00. The number of carboxylic acid groups (broad SMARTS) is 1. The first-order valence-corrected chi connectivity index (χ1v) is 6.12. The fraction of sp³-hybridized carbons (Fsp3) is 0.750.